The van der Waals surface area contributed by atoms with Crippen molar-refractivity contribution >= 4 is 40.1 Å². The van der Waals surface area contributed by atoms with E-state index in [0.717, 1.165) is 67.2 Å². The predicted molar refractivity (Wildman–Crippen MR) is 255 cm³/mol. The molecule has 0 N–H and O–H groups in total. The van der Waals surface area contributed by atoms with Crippen LogP contribution in [0.15, 0.2) is 237 Å². The van der Waals surface area contributed by atoms with Crippen molar-refractivity contribution in [3.63, 3.8) is 0 Å². The third-order valence-electron chi connectivity index (χ3n) is 11.2. The van der Waals surface area contributed by atoms with Gasteiger partial charge in [0.2, 0.25) is 0 Å². The zero-order valence-electron chi connectivity index (χ0n) is 33.4. The third-order valence-corrected chi connectivity index (χ3v) is 11.2. The number of hydrogen-bond acceptors (Lipinski definition) is 1. The zero-order chi connectivity index (χ0) is 41.0. The van der Waals surface area contributed by atoms with Crippen LogP contribution < -0.4 is 4.90 Å². The Hall–Kier alpha value is -8.01. The number of fused-ring (bicyclic) bond motifs is 1. The fraction of sp³-hybridized carbons (Fsp3) is 0. The summed E-state index contributed by atoms with van der Waals surface area (Å²) < 4.78 is 19.3. The van der Waals surface area contributed by atoms with Gasteiger partial charge in [0.1, 0.15) is 5.82 Å². The first kappa shape index (κ1) is 37.3. The monoisotopic (exact) mass is 784 g/mol. The Morgan fingerprint density at radius 3 is 1.51 bits per heavy atom. The summed E-state index contributed by atoms with van der Waals surface area (Å²) in [4.78, 5) is 2.03. The molecular formula is C58H41FN2. The van der Waals surface area contributed by atoms with E-state index < -0.39 is 0 Å². The van der Waals surface area contributed by atoms with Gasteiger partial charge in [-0.05, 0) is 99.6 Å². The molecule has 0 atom stereocenters. The summed E-state index contributed by atoms with van der Waals surface area (Å²) in [5.41, 5.74) is 14.9. The molecular weight excluding hydrogens is 744 g/mol. The molecule has 10 aromatic rings. The van der Waals surface area contributed by atoms with Crippen LogP contribution in [0.3, 0.4) is 0 Å². The summed E-state index contributed by atoms with van der Waals surface area (Å²) in [5.74, 6) is -0.296. The predicted octanol–water partition coefficient (Wildman–Crippen LogP) is 16.1. The highest BCUT2D eigenvalue weighted by Gasteiger charge is 2.24. The van der Waals surface area contributed by atoms with Crippen LogP contribution in [0.4, 0.5) is 21.5 Å². The molecule has 61 heavy (non-hydrogen) atoms. The molecule has 0 saturated carbocycles. The van der Waals surface area contributed by atoms with Crippen molar-refractivity contribution in [2.45, 2.75) is 0 Å². The lowest BCUT2D eigenvalue weighted by Crippen LogP contribution is -2.13. The minimum Gasteiger partial charge on any atom is -0.309 e. The summed E-state index contributed by atoms with van der Waals surface area (Å²) in [6, 6.07) is 80.9. The molecule has 0 saturated heterocycles. The van der Waals surface area contributed by atoms with Crippen molar-refractivity contribution < 1.29 is 4.39 Å². The van der Waals surface area contributed by atoms with Gasteiger partial charge in [-0.2, -0.15) is 0 Å². The molecule has 0 amide bonds. The van der Waals surface area contributed by atoms with E-state index in [1.54, 1.807) is 6.07 Å². The van der Waals surface area contributed by atoms with Crippen molar-refractivity contribution in [1.82, 2.24) is 4.57 Å². The smallest absolute Gasteiger partial charge is 0.148 e. The molecule has 0 aliphatic carbocycles. The van der Waals surface area contributed by atoms with Gasteiger partial charge in [0.25, 0.3) is 0 Å². The number of rotatable bonds is 10. The van der Waals surface area contributed by atoms with Gasteiger partial charge < -0.3 is 9.47 Å². The molecule has 0 aliphatic heterocycles. The first-order valence-electron chi connectivity index (χ1n) is 20.6. The molecule has 290 valence electrons. The lowest BCUT2D eigenvalue weighted by molar-refractivity contribution is 0.630. The summed E-state index contributed by atoms with van der Waals surface area (Å²) in [5, 5.41) is 1.18. The second kappa shape index (κ2) is 16.7. The molecule has 1 aromatic heterocycles. The molecule has 0 bridgehead atoms. The SMILES string of the molecule is Fc1cc(-c2ccccc2)cc(-c2ccccc2)c1N(c1ccccc1)c1ccc(C=Cc2ccc3c(c2)c(-c2ccccc2)c(-c2ccccc2)n3-c2ccccc2)cc1. The van der Waals surface area contributed by atoms with Crippen LogP contribution in [-0.2, 0) is 0 Å². The van der Waals surface area contributed by atoms with Crippen LogP contribution in [0.1, 0.15) is 11.1 Å². The Kier molecular flexibility index (Phi) is 10.2. The lowest BCUT2D eigenvalue weighted by Gasteiger charge is -2.29. The highest BCUT2D eigenvalue weighted by atomic mass is 19.1. The van der Waals surface area contributed by atoms with E-state index in [9.17, 15) is 0 Å². The van der Waals surface area contributed by atoms with Crippen molar-refractivity contribution in [2.24, 2.45) is 0 Å². The van der Waals surface area contributed by atoms with Gasteiger partial charge in [-0.25, -0.2) is 4.39 Å². The maximum atomic E-state index is 16.9. The van der Waals surface area contributed by atoms with Crippen LogP contribution in [0, 0.1) is 5.82 Å². The summed E-state index contributed by atoms with van der Waals surface area (Å²) in [6.07, 6.45) is 4.33. The van der Waals surface area contributed by atoms with E-state index in [1.165, 1.54) is 16.5 Å². The van der Waals surface area contributed by atoms with Gasteiger partial charge in [0.05, 0.1) is 16.9 Å². The maximum absolute atomic E-state index is 16.9. The van der Waals surface area contributed by atoms with E-state index in [-0.39, 0.29) is 5.82 Å². The number of para-hydroxylation sites is 2. The van der Waals surface area contributed by atoms with Gasteiger partial charge in [-0.1, -0.05) is 188 Å². The second-order valence-electron chi connectivity index (χ2n) is 15.1. The highest BCUT2D eigenvalue weighted by Crippen LogP contribution is 2.45. The maximum Gasteiger partial charge on any atom is 0.148 e. The largest absolute Gasteiger partial charge is 0.309 e. The average molecular weight is 785 g/mol. The first-order chi connectivity index (χ1) is 30.2. The topological polar surface area (TPSA) is 8.17 Å². The molecule has 0 aliphatic rings. The zero-order valence-corrected chi connectivity index (χ0v) is 33.4. The van der Waals surface area contributed by atoms with Gasteiger partial charge in [-0.15, -0.1) is 0 Å². The van der Waals surface area contributed by atoms with Gasteiger partial charge in [0, 0.05) is 33.6 Å². The molecule has 0 spiro atoms. The Morgan fingerprint density at radius 1 is 0.393 bits per heavy atom. The van der Waals surface area contributed by atoms with Gasteiger partial charge in [-0.3, -0.25) is 0 Å². The minimum atomic E-state index is -0.296. The van der Waals surface area contributed by atoms with E-state index in [0.29, 0.717) is 5.69 Å². The van der Waals surface area contributed by atoms with Gasteiger partial charge in [0.15, 0.2) is 0 Å². The van der Waals surface area contributed by atoms with Crippen molar-refractivity contribution in [1.29, 1.82) is 0 Å². The molecule has 9 aromatic carbocycles. The third kappa shape index (κ3) is 7.46. The molecule has 3 heteroatoms. The van der Waals surface area contributed by atoms with E-state index in [4.69, 9.17) is 0 Å². The van der Waals surface area contributed by atoms with Crippen LogP contribution >= 0.6 is 0 Å². The summed E-state index contributed by atoms with van der Waals surface area (Å²) in [6.45, 7) is 0. The van der Waals surface area contributed by atoms with Crippen LogP contribution in [0.25, 0.3) is 73.4 Å². The summed E-state index contributed by atoms with van der Waals surface area (Å²) >= 11 is 0. The van der Waals surface area contributed by atoms with Crippen LogP contribution in [-0.4, -0.2) is 4.57 Å². The molecule has 0 unspecified atom stereocenters. The van der Waals surface area contributed by atoms with Crippen molar-refractivity contribution in [3.05, 3.63) is 254 Å². The number of anilines is 3. The van der Waals surface area contributed by atoms with E-state index in [1.807, 2.05) is 95.9 Å². The van der Waals surface area contributed by atoms with E-state index in [2.05, 4.69) is 156 Å². The van der Waals surface area contributed by atoms with Gasteiger partial charge >= 0.3 is 0 Å². The Bertz CT molecular complexity index is 3090. The lowest BCUT2D eigenvalue weighted by atomic mass is 9.95. The number of nitrogens with zero attached hydrogens (tertiary/aromatic N) is 2. The molecule has 0 fully saturated rings. The number of hydrogen-bond donors (Lipinski definition) is 0. The Labute approximate surface area is 356 Å². The first-order valence-corrected chi connectivity index (χ1v) is 20.6. The Morgan fingerprint density at radius 2 is 0.885 bits per heavy atom. The highest BCUT2D eigenvalue weighted by molar-refractivity contribution is 6.06. The standard InChI is InChI=1S/C58H41FN2/c59-54-41-48(44-19-7-1-8-20-44)40-52(45-21-9-2-10-22-45)58(54)60(49-27-15-5-16-28-49)51-36-33-42(34-37-51)31-32-43-35-38-55-53(39-43)56(46-23-11-3-12-24-46)57(47-25-13-4-14-26-47)61(55)50-29-17-6-18-30-50/h1-41H. The molecule has 2 nitrogen and oxygen atoms in total. The fourth-order valence-corrected chi connectivity index (χ4v) is 8.40. The average Bonchev–Trinajstić information content (AvgIpc) is 3.68. The normalized spacial score (nSPS) is 11.3. The minimum absolute atomic E-state index is 0.296. The quantitative estimate of drug-likeness (QED) is 0.125. The Balaban J connectivity index is 1.06. The van der Waals surface area contributed by atoms with Crippen LogP contribution in [0.5, 0.6) is 0 Å². The number of aromatic nitrogens is 1. The summed E-state index contributed by atoms with van der Waals surface area (Å²) in [7, 11) is 0. The van der Waals surface area contributed by atoms with Crippen molar-refractivity contribution in [2.75, 3.05) is 4.90 Å². The van der Waals surface area contributed by atoms with Crippen LogP contribution in [0.2, 0.25) is 0 Å². The fourth-order valence-electron chi connectivity index (χ4n) is 8.40. The molecule has 1 heterocycles. The molecule has 10 rings (SSSR count). The van der Waals surface area contributed by atoms with Crippen molar-refractivity contribution in [3.8, 4) is 50.3 Å². The second-order valence-corrected chi connectivity index (χ2v) is 15.1. The van der Waals surface area contributed by atoms with E-state index >= 15 is 4.39 Å². The number of benzene rings is 9. The number of halogens is 1. The molecule has 0 radical (unpaired) electrons.